The molecule has 3 aliphatic rings. The summed E-state index contributed by atoms with van der Waals surface area (Å²) in [6.45, 7) is 5.58. The van der Waals surface area contributed by atoms with Crippen LogP contribution in [0.3, 0.4) is 0 Å². The van der Waals surface area contributed by atoms with E-state index in [1.165, 1.54) is 16.8 Å². The van der Waals surface area contributed by atoms with Gasteiger partial charge in [0.2, 0.25) is 17.6 Å². The van der Waals surface area contributed by atoms with Gasteiger partial charge < -0.3 is 25.3 Å². The highest BCUT2D eigenvalue weighted by molar-refractivity contribution is 6.38. The third-order valence-corrected chi connectivity index (χ3v) is 7.98. The van der Waals surface area contributed by atoms with Gasteiger partial charge in [-0.3, -0.25) is 29.3 Å². The normalized spacial score (nSPS) is 20.6. The zero-order chi connectivity index (χ0) is 30.4. The lowest BCUT2D eigenvalue weighted by Gasteiger charge is -2.29. The number of amides is 4. The summed E-state index contributed by atoms with van der Waals surface area (Å²) in [4.78, 5) is 78.2. The second kappa shape index (κ2) is 13.5. The molecule has 1 saturated heterocycles. The van der Waals surface area contributed by atoms with E-state index in [9.17, 15) is 28.8 Å². The number of ketones is 1. The first kappa shape index (κ1) is 31.2. The third kappa shape index (κ3) is 8.65. The molecule has 1 aliphatic heterocycles. The zero-order valence-corrected chi connectivity index (χ0v) is 24.7. The molecule has 4 amide bonds. The number of nitrogens with zero attached hydrogens (tertiary/aromatic N) is 1. The maximum absolute atomic E-state index is 14.0. The maximum atomic E-state index is 14.0. The van der Waals surface area contributed by atoms with Gasteiger partial charge >= 0.3 is 6.09 Å². The number of nitrogens with one attached hydrogen (secondary N) is 4. The first-order chi connectivity index (χ1) is 19.9. The highest BCUT2D eigenvalue weighted by atomic mass is 16.6. The summed E-state index contributed by atoms with van der Waals surface area (Å²) in [7, 11) is 0. The number of hydrogen-bond donors (Lipinski definition) is 4. The summed E-state index contributed by atoms with van der Waals surface area (Å²) in [5, 5.41) is 10.6. The van der Waals surface area contributed by atoms with Crippen molar-refractivity contribution in [2.75, 3.05) is 11.9 Å². The lowest BCUT2D eigenvalue weighted by molar-refractivity contribution is -0.141. The summed E-state index contributed by atoms with van der Waals surface area (Å²) in [5.41, 5.74) is -1.42. The van der Waals surface area contributed by atoms with E-state index in [0.29, 0.717) is 19.4 Å². The molecule has 3 fully saturated rings. The monoisotopic (exact) mass is 585 g/mol. The lowest BCUT2D eigenvalue weighted by atomic mass is 9.84. The summed E-state index contributed by atoms with van der Waals surface area (Å²) >= 11 is 0. The average molecular weight is 586 g/mol. The first-order valence-electron chi connectivity index (χ1n) is 15.0. The molecule has 1 unspecified atom stereocenters. The minimum atomic E-state index is -1.22. The molecular formula is C30H43N5O7. The number of ether oxygens (including phenoxy) is 1. The van der Waals surface area contributed by atoms with Gasteiger partial charge in [-0.05, 0) is 70.9 Å². The Hall–Kier alpha value is -3.70. The summed E-state index contributed by atoms with van der Waals surface area (Å²) in [6.07, 6.45) is 8.06. The van der Waals surface area contributed by atoms with Gasteiger partial charge in [-0.25, -0.2) is 4.79 Å². The van der Waals surface area contributed by atoms with Crippen LogP contribution in [0.25, 0.3) is 0 Å². The van der Waals surface area contributed by atoms with Crippen LogP contribution >= 0.6 is 0 Å². The van der Waals surface area contributed by atoms with Gasteiger partial charge in [0.1, 0.15) is 17.3 Å². The van der Waals surface area contributed by atoms with Crippen LogP contribution in [0.2, 0.25) is 0 Å². The largest absolute Gasteiger partial charge is 0.444 e. The topological polar surface area (TPSA) is 165 Å². The van der Waals surface area contributed by atoms with Gasteiger partial charge in [0.05, 0.1) is 6.04 Å². The van der Waals surface area contributed by atoms with Crippen LogP contribution in [-0.4, -0.2) is 58.4 Å². The Bertz CT molecular complexity index is 1240. The molecule has 0 bridgehead atoms. The Kier molecular flexibility index (Phi) is 10.1. The van der Waals surface area contributed by atoms with Crippen LogP contribution in [-0.2, 0) is 23.9 Å². The number of carbonyl (C=O) groups excluding carboxylic acids is 5. The second-order valence-electron chi connectivity index (χ2n) is 12.7. The van der Waals surface area contributed by atoms with Gasteiger partial charge in [0.25, 0.3) is 11.5 Å². The van der Waals surface area contributed by atoms with Crippen molar-refractivity contribution >= 4 is 35.3 Å². The maximum Gasteiger partial charge on any atom is 0.412 e. The Labute approximate surface area is 245 Å². The molecule has 0 spiro atoms. The number of aromatic nitrogens is 1. The van der Waals surface area contributed by atoms with Crippen molar-refractivity contribution in [1.82, 2.24) is 20.5 Å². The van der Waals surface area contributed by atoms with Crippen LogP contribution < -0.4 is 26.8 Å². The van der Waals surface area contributed by atoms with E-state index in [0.717, 1.165) is 44.9 Å². The predicted molar refractivity (Wildman–Crippen MR) is 155 cm³/mol. The van der Waals surface area contributed by atoms with E-state index in [-0.39, 0.29) is 30.0 Å². The molecule has 1 aromatic heterocycles. The molecule has 2 heterocycles. The fourth-order valence-corrected chi connectivity index (χ4v) is 5.65. The molecule has 4 rings (SSSR count). The molecule has 4 N–H and O–H groups in total. The SMILES string of the molecule is CC(C)(C)OC(=O)Nc1cccn(C(CC2CCCCC2)C(=O)N[C@@H](C[C@@H]2CCNC2=O)C(=O)C(=O)NC2CC2)c1=O. The number of hydrogen-bond acceptors (Lipinski definition) is 7. The molecule has 230 valence electrons. The summed E-state index contributed by atoms with van der Waals surface area (Å²) < 4.78 is 6.55. The van der Waals surface area contributed by atoms with Gasteiger partial charge in [-0.1, -0.05) is 32.1 Å². The predicted octanol–water partition coefficient (Wildman–Crippen LogP) is 2.57. The Morgan fingerprint density at radius 2 is 1.74 bits per heavy atom. The van der Waals surface area contributed by atoms with Crippen molar-refractivity contribution in [3.8, 4) is 0 Å². The number of rotatable bonds is 11. The lowest BCUT2D eigenvalue weighted by Crippen LogP contribution is -2.51. The molecule has 12 heteroatoms. The van der Waals surface area contributed by atoms with E-state index >= 15 is 0 Å². The minimum absolute atomic E-state index is 0.0141. The number of carbonyl (C=O) groups is 5. The molecule has 3 atom stereocenters. The average Bonchev–Trinajstić information content (AvgIpc) is 3.66. The standard InChI is InChI=1S/C30H43N5O7/c1-30(2,3)42-29(41)34-21-10-7-15-35(28(21)40)23(16-18-8-5-4-6-9-18)26(38)33-22(17-19-13-14-31-25(19)37)24(36)27(39)32-20-11-12-20/h7,10,15,18-20,22-23H,4-6,8-9,11-14,16-17H2,1-3H3,(H,31,37)(H,32,39)(H,33,38)(H,34,41)/t19-,22-,23?/m0/s1. The molecule has 42 heavy (non-hydrogen) atoms. The van der Waals surface area contributed by atoms with Crippen molar-refractivity contribution in [3.63, 3.8) is 0 Å². The smallest absolute Gasteiger partial charge is 0.412 e. The Morgan fingerprint density at radius 3 is 2.36 bits per heavy atom. The van der Waals surface area contributed by atoms with E-state index in [4.69, 9.17) is 4.74 Å². The quantitative estimate of drug-likeness (QED) is 0.290. The number of pyridine rings is 1. The fraction of sp³-hybridized carbons (Fsp3) is 0.667. The second-order valence-corrected chi connectivity index (χ2v) is 12.7. The molecule has 2 aliphatic carbocycles. The molecule has 1 aromatic rings. The van der Waals surface area contributed by atoms with Crippen LogP contribution in [0, 0.1) is 11.8 Å². The van der Waals surface area contributed by atoms with Crippen LogP contribution in [0.4, 0.5) is 10.5 Å². The first-order valence-corrected chi connectivity index (χ1v) is 15.0. The van der Waals surface area contributed by atoms with E-state index in [1.54, 1.807) is 26.8 Å². The van der Waals surface area contributed by atoms with E-state index in [1.807, 2.05) is 0 Å². The van der Waals surface area contributed by atoms with Crippen molar-refractivity contribution < 1.29 is 28.7 Å². The molecular weight excluding hydrogens is 542 g/mol. The molecule has 12 nitrogen and oxygen atoms in total. The highest BCUT2D eigenvalue weighted by Crippen LogP contribution is 2.31. The van der Waals surface area contributed by atoms with E-state index < -0.39 is 52.9 Å². The third-order valence-electron chi connectivity index (χ3n) is 7.98. The van der Waals surface area contributed by atoms with Crippen molar-refractivity contribution in [1.29, 1.82) is 0 Å². The molecule has 2 saturated carbocycles. The van der Waals surface area contributed by atoms with Gasteiger partial charge in [-0.15, -0.1) is 0 Å². The fourth-order valence-electron chi connectivity index (χ4n) is 5.65. The zero-order valence-electron chi connectivity index (χ0n) is 24.7. The van der Waals surface area contributed by atoms with Crippen LogP contribution in [0.5, 0.6) is 0 Å². The van der Waals surface area contributed by atoms with Crippen LogP contribution in [0.1, 0.15) is 91.0 Å². The van der Waals surface area contributed by atoms with Crippen molar-refractivity contribution in [2.24, 2.45) is 11.8 Å². The van der Waals surface area contributed by atoms with Crippen LogP contribution in [0.15, 0.2) is 23.1 Å². The number of Topliss-reactive ketones (excluding diaryl/α,β-unsaturated/α-hetero) is 1. The van der Waals surface area contributed by atoms with Gasteiger partial charge in [0, 0.05) is 24.7 Å². The Morgan fingerprint density at radius 1 is 1.02 bits per heavy atom. The highest BCUT2D eigenvalue weighted by Gasteiger charge is 2.38. The van der Waals surface area contributed by atoms with Gasteiger partial charge in [-0.2, -0.15) is 0 Å². The van der Waals surface area contributed by atoms with Gasteiger partial charge in [0.15, 0.2) is 0 Å². The number of anilines is 1. The van der Waals surface area contributed by atoms with Crippen molar-refractivity contribution in [2.45, 2.75) is 109 Å². The Balaban J connectivity index is 1.60. The van der Waals surface area contributed by atoms with E-state index in [2.05, 4.69) is 21.3 Å². The minimum Gasteiger partial charge on any atom is -0.444 e. The molecule has 0 aromatic carbocycles. The summed E-state index contributed by atoms with van der Waals surface area (Å²) in [6, 6.07) is 0.721. The molecule has 0 radical (unpaired) electrons. The summed E-state index contributed by atoms with van der Waals surface area (Å²) in [5.74, 6) is -2.75. The van der Waals surface area contributed by atoms with Crippen molar-refractivity contribution in [3.05, 3.63) is 28.7 Å².